The van der Waals surface area contributed by atoms with Crippen molar-refractivity contribution in [1.29, 1.82) is 0 Å². The molecule has 5 heteroatoms. The van der Waals surface area contributed by atoms with Crippen LogP contribution < -0.4 is 16.0 Å². The van der Waals surface area contributed by atoms with Crippen LogP contribution >= 0.6 is 0 Å². The summed E-state index contributed by atoms with van der Waals surface area (Å²) in [6, 6.07) is 13.8. The van der Waals surface area contributed by atoms with Crippen LogP contribution in [0.25, 0.3) is 22.0 Å². The number of rotatable bonds is 3. The van der Waals surface area contributed by atoms with Gasteiger partial charge in [-0.15, -0.1) is 0 Å². The molecule has 0 atom stereocenters. The number of nitrogens with zero attached hydrogens (tertiary/aromatic N) is 1. The predicted octanol–water partition coefficient (Wildman–Crippen LogP) is 3.34. The quantitative estimate of drug-likeness (QED) is 0.571. The first-order valence-corrected chi connectivity index (χ1v) is 6.42. The third kappa shape index (κ3) is 2.51. The van der Waals surface area contributed by atoms with Crippen molar-refractivity contribution < 1.29 is 9.13 Å². The minimum absolute atomic E-state index is 0.278. The summed E-state index contributed by atoms with van der Waals surface area (Å²) in [6.07, 6.45) is 0. The molecule has 0 aliphatic heterocycles. The number of nitrogen functional groups attached to an aromatic ring is 1. The Bertz CT molecular complexity index is 787. The van der Waals surface area contributed by atoms with Crippen LogP contribution in [-0.4, -0.2) is 12.1 Å². The number of hydrogen-bond donors (Lipinski definition) is 2. The fraction of sp³-hybridized carbons (Fsp3) is 0.0625. The molecule has 0 aliphatic rings. The lowest BCUT2D eigenvalue weighted by Crippen LogP contribution is -2.10. The van der Waals surface area contributed by atoms with Crippen molar-refractivity contribution in [2.75, 3.05) is 12.5 Å². The highest BCUT2D eigenvalue weighted by atomic mass is 19.1. The van der Waals surface area contributed by atoms with E-state index in [1.807, 2.05) is 24.3 Å². The van der Waals surface area contributed by atoms with Crippen molar-refractivity contribution >= 4 is 16.7 Å². The Morgan fingerprint density at radius 3 is 2.52 bits per heavy atom. The lowest BCUT2D eigenvalue weighted by atomic mass is 10.0. The van der Waals surface area contributed by atoms with Gasteiger partial charge in [0.1, 0.15) is 17.4 Å². The van der Waals surface area contributed by atoms with Crippen molar-refractivity contribution in [1.82, 2.24) is 4.98 Å². The summed E-state index contributed by atoms with van der Waals surface area (Å²) in [5.41, 5.74) is 5.02. The van der Waals surface area contributed by atoms with Crippen LogP contribution in [0.1, 0.15) is 0 Å². The van der Waals surface area contributed by atoms with Crippen molar-refractivity contribution in [2.24, 2.45) is 5.84 Å². The molecular weight excluding hydrogens is 269 g/mol. The maximum Gasteiger partial charge on any atom is 0.148 e. The highest BCUT2D eigenvalue weighted by molar-refractivity contribution is 5.90. The largest absolute Gasteiger partial charge is 0.497 e. The van der Waals surface area contributed by atoms with Crippen molar-refractivity contribution in [2.45, 2.75) is 0 Å². The van der Waals surface area contributed by atoms with E-state index >= 15 is 0 Å². The van der Waals surface area contributed by atoms with Gasteiger partial charge in [-0.1, -0.05) is 12.1 Å². The van der Waals surface area contributed by atoms with Crippen molar-refractivity contribution in [3.8, 4) is 16.9 Å². The molecule has 3 aromatic rings. The maximum absolute atomic E-state index is 13.1. The third-order valence-electron chi connectivity index (χ3n) is 3.32. The Kier molecular flexibility index (Phi) is 3.41. The lowest BCUT2D eigenvalue weighted by Gasteiger charge is -2.11. The van der Waals surface area contributed by atoms with Gasteiger partial charge in [-0.05, 0) is 35.9 Å². The average molecular weight is 283 g/mol. The zero-order valence-electron chi connectivity index (χ0n) is 11.4. The molecule has 2 aromatic carbocycles. The Hall–Kier alpha value is -2.66. The molecule has 3 N–H and O–H groups in total. The molecule has 0 amide bonds. The number of ether oxygens (including phenoxy) is 1. The monoisotopic (exact) mass is 283 g/mol. The number of pyridine rings is 1. The van der Waals surface area contributed by atoms with Crippen LogP contribution in [0, 0.1) is 5.82 Å². The molecule has 21 heavy (non-hydrogen) atoms. The number of anilines is 1. The number of nitrogens with one attached hydrogen (secondary N) is 1. The SMILES string of the molecule is COc1ccc2cc(-c3ccc(F)cc3)c(NN)nc2c1. The van der Waals surface area contributed by atoms with Crippen LogP contribution in [0.15, 0.2) is 48.5 Å². The Balaban J connectivity index is 2.20. The number of aromatic nitrogens is 1. The van der Waals surface area contributed by atoms with Gasteiger partial charge in [-0.3, -0.25) is 0 Å². The summed E-state index contributed by atoms with van der Waals surface area (Å²) in [7, 11) is 1.61. The molecule has 4 nitrogen and oxygen atoms in total. The molecule has 0 radical (unpaired) electrons. The smallest absolute Gasteiger partial charge is 0.148 e. The average Bonchev–Trinajstić information content (AvgIpc) is 2.53. The second-order valence-electron chi connectivity index (χ2n) is 4.59. The number of methoxy groups -OCH3 is 1. The van der Waals surface area contributed by atoms with Gasteiger partial charge in [0, 0.05) is 17.0 Å². The normalized spacial score (nSPS) is 10.6. The van der Waals surface area contributed by atoms with Gasteiger partial charge in [0.25, 0.3) is 0 Å². The van der Waals surface area contributed by atoms with E-state index in [0.29, 0.717) is 5.82 Å². The van der Waals surface area contributed by atoms with Gasteiger partial charge in [-0.2, -0.15) is 0 Å². The molecule has 1 aromatic heterocycles. The number of nitrogens with two attached hydrogens (primary N) is 1. The summed E-state index contributed by atoms with van der Waals surface area (Å²) >= 11 is 0. The standard InChI is InChI=1S/C16H14FN3O/c1-21-13-7-4-11-8-14(10-2-5-12(17)6-3-10)16(20-18)19-15(11)9-13/h2-9H,18H2,1H3,(H,19,20). The molecule has 0 aliphatic carbocycles. The third-order valence-corrected chi connectivity index (χ3v) is 3.32. The molecule has 0 spiro atoms. The number of fused-ring (bicyclic) bond motifs is 1. The molecular formula is C16H14FN3O. The van der Waals surface area contributed by atoms with Crippen molar-refractivity contribution in [3.63, 3.8) is 0 Å². The van der Waals surface area contributed by atoms with Gasteiger partial charge in [-0.25, -0.2) is 15.2 Å². The van der Waals surface area contributed by atoms with Gasteiger partial charge in [0.2, 0.25) is 0 Å². The molecule has 0 fully saturated rings. The second-order valence-corrected chi connectivity index (χ2v) is 4.59. The topological polar surface area (TPSA) is 60.2 Å². The van der Waals surface area contributed by atoms with Gasteiger partial charge >= 0.3 is 0 Å². The highest BCUT2D eigenvalue weighted by Gasteiger charge is 2.09. The minimum atomic E-state index is -0.278. The Morgan fingerprint density at radius 2 is 1.86 bits per heavy atom. The van der Waals surface area contributed by atoms with E-state index in [4.69, 9.17) is 10.6 Å². The predicted molar refractivity (Wildman–Crippen MR) is 81.5 cm³/mol. The Morgan fingerprint density at radius 1 is 1.10 bits per heavy atom. The fourth-order valence-electron chi connectivity index (χ4n) is 2.23. The summed E-state index contributed by atoms with van der Waals surface area (Å²) in [5.74, 6) is 6.54. The van der Waals surface area contributed by atoms with E-state index in [1.165, 1.54) is 12.1 Å². The van der Waals surface area contributed by atoms with E-state index < -0.39 is 0 Å². The summed E-state index contributed by atoms with van der Waals surface area (Å²) in [4.78, 5) is 4.49. The summed E-state index contributed by atoms with van der Waals surface area (Å²) in [5, 5.41) is 0.953. The lowest BCUT2D eigenvalue weighted by molar-refractivity contribution is 0.415. The minimum Gasteiger partial charge on any atom is -0.497 e. The van der Waals surface area contributed by atoms with Crippen LogP contribution in [0.4, 0.5) is 10.2 Å². The summed E-state index contributed by atoms with van der Waals surface area (Å²) < 4.78 is 18.2. The Labute approximate surface area is 121 Å². The van der Waals surface area contributed by atoms with E-state index in [2.05, 4.69) is 10.4 Å². The number of benzene rings is 2. The highest BCUT2D eigenvalue weighted by Crippen LogP contribution is 2.31. The van der Waals surface area contributed by atoms with Gasteiger partial charge < -0.3 is 10.2 Å². The molecule has 0 unspecified atom stereocenters. The number of halogens is 1. The first kappa shape index (κ1) is 13.3. The van der Waals surface area contributed by atoms with Crippen LogP contribution in [0.5, 0.6) is 5.75 Å². The van der Waals surface area contributed by atoms with Crippen LogP contribution in [0.3, 0.4) is 0 Å². The second kappa shape index (κ2) is 5.38. The molecule has 106 valence electrons. The van der Waals surface area contributed by atoms with E-state index in [0.717, 1.165) is 27.8 Å². The first-order valence-electron chi connectivity index (χ1n) is 6.42. The maximum atomic E-state index is 13.1. The van der Waals surface area contributed by atoms with Crippen LogP contribution in [-0.2, 0) is 0 Å². The van der Waals surface area contributed by atoms with Gasteiger partial charge in [0.05, 0.1) is 12.6 Å². The van der Waals surface area contributed by atoms with Crippen molar-refractivity contribution in [3.05, 3.63) is 54.3 Å². The van der Waals surface area contributed by atoms with Gasteiger partial charge in [0.15, 0.2) is 0 Å². The molecule has 0 saturated carbocycles. The van der Waals surface area contributed by atoms with E-state index in [-0.39, 0.29) is 5.82 Å². The molecule has 0 saturated heterocycles. The van der Waals surface area contributed by atoms with Crippen LogP contribution in [0.2, 0.25) is 0 Å². The molecule has 1 heterocycles. The molecule has 3 rings (SSSR count). The fourth-order valence-corrected chi connectivity index (χ4v) is 2.23. The summed E-state index contributed by atoms with van der Waals surface area (Å²) in [6.45, 7) is 0. The zero-order valence-corrected chi connectivity index (χ0v) is 11.4. The molecule has 0 bridgehead atoms. The number of hydrogen-bond acceptors (Lipinski definition) is 4. The van der Waals surface area contributed by atoms with E-state index in [1.54, 1.807) is 19.2 Å². The first-order chi connectivity index (χ1) is 10.2. The van der Waals surface area contributed by atoms with E-state index in [9.17, 15) is 4.39 Å². The number of hydrazine groups is 1. The zero-order chi connectivity index (χ0) is 14.8.